The number of rotatable bonds is 8. The predicted molar refractivity (Wildman–Crippen MR) is 111 cm³/mol. The molecule has 0 fully saturated rings. The largest absolute Gasteiger partial charge is 0.462 e. The van der Waals surface area contributed by atoms with E-state index in [4.69, 9.17) is 21.1 Å². The van der Waals surface area contributed by atoms with Gasteiger partial charge in [-0.1, -0.05) is 11.6 Å². The summed E-state index contributed by atoms with van der Waals surface area (Å²) in [6.07, 6.45) is 1.29. The monoisotopic (exact) mass is 441 g/mol. The van der Waals surface area contributed by atoms with Crippen molar-refractivity contribution in [3.63, 3.8) is 0 Å². The van der Waals surface area contributed by atoms with Crippen LogP contribution in [0.25, 0.3) is 0 Å². The molecule has 0 aliphatic heterocycles. The van der Waals surface area contributed by atoms with Crippen LogP contribution >= 0.6 is 22.9 Å². The lowest BCUT2D eigenvalue weighted by atomic mass is 10.1. The van der Waals surface area contributed by atoms with Crippen molar-refractivity contribution < 1.29 is 23.9 Å². The first-order valence-corrected chi connectivity index (χ1v) is 10.3. The van der Waals surface area contributed by atoms with Gasteiger partial charge in [-0.25, -0.2) is 9.59 Å². The molecule has 2 rings (SSSR count). The lowest BCUT2D eigenvalue weighted by Gasteiger charge is -2.10. The smallest absolute Gasteiger partial charge is 0.348 e. The third-order valence-electron chi connectivity index (χ3n) is 4.00. The third kappa shape index (κ3) is 5.57. The van der Waals surface area contributed by atoms with E-state index in [0.29, 0.717) is 17.1 Å². The Balaban J connectivity index is 2.23. The van der Waals surface area contributed by atoms with Gasteiger partial charge in [0.15, 0.2) is 0 Å². The molecule has 0 saturated carbocycles. The molecule has 0 spiro atoms. The van der Waals surface area contributed by atoms with Gasteiger partial charge in [-0.3, -0.25) is 9.48 Å². The van der Waals surface area contributed by atoms with Crippen LogP contribution in [0.15, 0.2) is 6.20 Å². The summed E-state index contributed by atoms with van der Waals surface area (Å²) < 4.78 is 11.9. The van der Waals surface area contributed by atoms with Gasteiger partial charge < -0.3 is 14.8 Å². The summed E-state index contributed by atoms with van der Waals surface area (Å²) in [5, 5.41) is 7.61. The van der Waals surface area contributed by atoms with Gasteiger partial charge in [-0.2, -0.15) is 5.10 Å². The van der Waals surface area contributed by atoms with Crippen molar-refractivity contribution in [1.29, 1.82) is 0 Å². The molecule has 0 unspecified atom stereocenters. The highest BCUT2D eigenvalue weighted by atomic mass is 35.5. The van der Waals surface area contributed by atoms with Gasteiger partial charge in [-0.05, 0) is 40.2 Å². The fourth-order valence-electron chi connectivity index (χ4n) is 2.56. The predicted octanol–water partition coefficient (Wildman–Crippen LogP) is 3.99. The highest BCUT2D eigenvalue weighted by Crippen LogP contribution is 2.34. The van der Waals surface area contributed by atoms with E-state index in [9.17, 15) is 14.4 Å². The Morgan fingerprint density at radius 1 is 1.28 bits per heavy atom. The Morgan fingerprint density at radius 3 is 2.52 bits per heavy atom. The Hall–Kier alpha value is -2.39. The van der Waals surface area contributed by atoms with Crippen molar-refractivity contribution in [2.75, 3.05) is 11.9 Å². The minimum absolute atomic E-state index is 0.114. The second-order valence-corrected chi connectivity index (χ2v) is 7.96. The average molecular weight is 442 g/mol. The van der Waals surface area contributed by atoms with Crippen molar-refractivity contribution in [3.05, 3.63) is 32.9 Å². The van der Waals surface area contributed by atoms with Crippen molar-refractivity contribution in [3.8, 4) is 0 Å². The van der Waals surface area contributed by atoms with E-state index in [0.717, 1.165) is 17.0 Å². The van der Waals surface area contributed by atoms with E-state index in [1.807, 2.05) is 6.92 Å². The number of thiophene rings is 1. The molecule has 0 aliphatic carbocycles. The first-order valence-electron chi connectivity index (χ1n) is 9.14. The number of aromatic nitrogens is 2. The minimum atomic E-state index is -0.602. The SMILES string of the molecule is CCOC(=O)c1sc(NC(=O)CCn2ncc(Cl)c2C)c(C(=O)OC(C)C)c1C. The summed E-state index contributed by atoms with van der Waals surface area (Å²) in [4.78, 5) is 37.5. The van der Waals surface area contributed by atoms with Gasteiger partial charge in [0.2, 0.25) is 5.91 Å². The number of ether oxygens (including phenoxy) is 2. The zero-order valence-electron chi connectivity index (χ0n) is 17.0. The number of hydrogen-bond donors (Lipinski definition) is 1. The fraction of sp³-hybridized carbons (Fsp3) is 0.474. The van der Waals surface area contributed by atoms with Gasteiger partial charge in [0, 0.05) is 6.42 Å². The average Bonchev–Trinajstić information content (AvgIpc) is 3.12. The number of esters is 2. The number of aryl methyl sites for hydroxylation is 1. The van der Waals surface area contributed by atoms with Crippen LogP contribution < -0.4 is 5.32 Å². The summed E-state index contributed by atoms with van der Waals surface area (Å²) in [6.45, 7) is 9.11. The van der Waals surface area contributed by atoms with Gasteiger partial charge in [0.1, 0.15) is 9.88 Å². The van der Waals surface area contributed by atoms with Crippen LogP contribution in [0.3, 0.4) is 0 Å². The highest BCUT2D eigenvalue weighted by molar-refractivity contribution is 7.18. The number of carbonyl (C=O) groups excluding carboxylic acids is 3. The molecule has 158 valence electrons. The van der Waals surface area contributed by atoms with Crippen molar-refractivity contribution in [2.24, 2.45) is 0 Å². The zero-order chi connectivity index (χ0) is 21.7. The maximum atomic E-state index is 12.6. The first kappa shape index (κ1) is 22.9. The van der Waals surface area contributed by atoms with E-state index in [1.54, 1.807) is 32.4 Å². The van der Waals surface area contributed by atoms with Crippen LogP contribution in [0.2, 0.25) is 5.02 Å². The van der Waals surface area contributed by atoms with Crippen molar-refractivity contribution >= 4 is 45.8 Å². The molecule has 29 heavy (non-hydrogen) atoms. The van der Waals surface area contributed by atoms with Crippen LogP contribution in [-0.2, 0) is 20.8 Å². The summed E-state index contributed by atoms with van der Waals surface area (Å²) in [5.41, 5.74) is 1.35. The summed E-state index contributed by atoms with van der Waals surface area (Å²) in [5.74, 6) is -1.48. The Bertz CT molecular complexity index is 919. The Morgan fingerprint density at radius 2 is 1.97 bits per heavy atom. The molecule has 2 heterocycles. The number of nitrogens with one attached hydrogen (secondary N) is 1. The van der Waals surface area contributed by atoms with Gasteiger partial charge >= 0.3 is 11.9 Å². The molecule has 0 radical (unpaired) electrons. The number of amides is 1. The summed E-state index contributed by atoms with van der Waals surface area (Å²) in [7, 11) is 0. The standard InChI is InChI=1S/C19H24ClN3O5S/c1-6-27-19(26)16-11(4)15(18(25)28-10(2)3)17(29-16)22-14(24)7-8-23-12(5)13(20)9-21-23/h9-10H,6-8H2,1-5H3,(H,22,24). The lowest BCUT2D eigenvalue weighted by molar-refractivity contribution is -0.116. The number of anilines is 1. The van der Waals surface area contributed by atoms with Gasteiger partial charge in [0.05, 0.1) is 41.7 Å². The molecule has 1 N–H and O–H groups in total. The highest BCUT2D eigenvalue weighted by Gasteiger charge is 2.27. The van der Waals surface area contributed by atoms with E-state index >= 15 is 0 Å². The Kier molecular flexibility index (Phi) is 7.80. The molecule has 0 saturated heterocycles. The molecule has 10 heteroatoms. The molecule has 8 nitrogen and oxygen atoms in total. The molecular weight excluding hydrogens is 418 g/mol. The van der Waals surface area contributed by atoms with Gasteiger partial charge in [0.25, 0.3) is 0 Å². The van der Waals surface area contributed by atoms with Crippen molar-refractivity contribution in [2.45, 2.75) is 53.7 Å². The second kappa shape index (κ2) is 9.89. The van der Waals surface area contributed by atoms with Crippen LogP contribution in [0, 0.1) is 13.8 Å². The summed E-state index contributed by atoms with van der Waals surface area (Å²) in [6, 6.07) is 0. The topological polar surface area (TPSA) is 99.5 Å². The van der Waals surface area contributed by atoms with E-state index in [-0.39, 0.29) is 40.5 Å². The fourth-order valence-corrected chi connectivity index (χ4v) is 3.80. The summed E-state index contributed by atoms with van der Waals surface area (Å²) >= 11 is 6.97. The lowest BCUT2D eigenvalue weighted by Crippen LogP contribution is -2.18. The van der Waals surface area contributed by atoms with Crippen molar-refractivity contribution in [1.82, 2.24) is 9.78 Å². The molecule has 2 aromatic rings. The Labute approximate surface area is 178 Å². The molecule has 0 aromatic carbocycles. The quantitative estimate of drug-likeness (QED) is 0.622. The second-order valence-electron chi connectivity index (χ2n) is 6.53. The molecule has 2 aromatic heterocycles. The number of hydrogen-bond acceptors (Lipinski definition) is 7. The van der Waals surface area contributed by atoms with Crippen LogP contribution in [0.4, 0.5) is 5.00 Å². The van der Waals surface area contributed by atoms with Crippen LogP contribution in [0.1, 0.15) is 58.5 Å². The molecule has 0 aliphatic rings. The third-order valence-corrected chi connectivity index (χ3v) is 5.56. The maximum absolute atomic E-state index is 12.6. The normalized spacial score (nSPS) is 10.9. The number of nitrogens with zero attached hydrogens (tertiary/aromatic N) is 2. The van der Waals surface area contributed by atoms with E-state index < -0.39 is 11.9 Å². The number of carbonyl (C=O) groups is 3. The molecule has 0 atom stereocenters. The minimum Gasteiger partial charge on any atom is -0.462 e. The molecule has 1 amide bonds. The van der Waals surface area contributed by atoms with Crippen LogP contribution in [-0.4, -0.2) is 40.3 Å². The zero-order valence-corrected chi connectivity index (χ0v) is 18.6. The molecule has 0 bridgehead atoms. The molecular formula is C19H24ClN3O5S. The van der Waals surface area contributed by atoms with Crippen LogP contribution in [0.5, 0.6) is 0 Å². The maximum Gasteiger partial charge on any atom is 0.348 e. The van der Waals surface area contributed by atoms with E-state index in [2.05, 4.69) is 10.4 Å². The number of halogens is 1. The first-order chi connectivity index (χ1) is 13.6. The van der Waals surface area contributed by atoms with E-state index in [1.165, 1.54) is 6.20 Å². The van der Waals surface area contributed by atoms with Gasteiger partial charge in [-0.15, -0.1) is 11.3 Å².